The van der Waals surface area contributed by atoms with E-state index in [4.69, 9.17) is 15.2 Å². The molecule has 0 aliphatic carbocycles. The standard InChI is InChI=1S/C15H20N2O4S/c16-15(19)17-5-1-2-10(17)9-21-14(18)8-12-11-4-7-22-13(11)3-6-20-12/h4,7,10,12H,1-3,5-6,8-9H2,(H2,16,19). The fourth-order valence-electron chi connectivity index (χ4n) is 3.09. The zero-order valence-electron chi connectivity index (χ0n) is 12.3. The molecule has 2 N–H and O–H groups in total. The van der Waals surface area contributed by atoms with Gasteiger partial charge in [0.1, 0.15) is 6.61 Å². The van der Waals surface area contributed by atoms with Crippen molar-refractivity contribution in [1.82, 2.24) is 4.90 Å². The van der Waals surface area contributed by atoms with E-state index in [0.29, 0.717) is 13.2 Å². The number of nitrogens with zero attached hydrogens (tertiary/aromatic N) is 1. The van der Waals surface area contributed by atoms with Crippen LogP contribution in [0.25, 0.3) is 0 Å². The summed E-state index contributed by atoms with van der Waals surface area (Å²) in [5.74, 6) is -0.291. The van der Waals surface area contributed by atoms with Crippen molar-refractivity contribution in [2.75, 3.05) is 19.8 Å². The minimum absolute atomic E-state index is 0.0922. The number of hydrogen-bond acceptors (Lipinski definition) is 5. The maximum absolute atomic E-state index is 12.0. The number of urea groups is 1. The summed E-state index contributed by atoms with van der Waals surface area (Å²) < 4.78 is 11.0. The Kier molecular flexibility index (Phi) is 4.63. The average molecular weight is 324 g/mol. The third-order valence-electron chi connectivity index (χ3n) is 4.22. The summed E-state index contributed by atoms with van der Waals surface area (Å²) in [5.41, 5.74) is 6.42. The van der Waals surface area contributed by atoms with Crippen LogP contribution in [-0.4, -0.2) is 42.7 Å². The molecule has 6 nitrogen and oxygen atoms in total. The molecule has 22 heavy (non-hydrogen) atoms. The lowest BCUT2D eigenvalue weighted by Gasteiger charge is -2.24. The molecule has 2 aliphatic rings. The molecule has 0 radical (unpaired) electrons. The van der Waals surface area contributed by atoms with E-state index in [-0.39, 0.29) is 31.1 Å². The van der Waals surface area contributed by atoms with Crippen molar-refractivity contribution in [2.24, 2.45) is 5.73 Å². The molecule has 1 saturated heterocycles. The highest BCUT2D eigenvalue weighted by atomic mass is 32.1. The van der Waals surface area contributed by atoms with E-state index in [1.165, 1.54) is 4.88 Å². The number of esters is 1. The van der Waals surface area contributed by atoms with Gasteiger partial charge in [-0.3, -0.25) is 4.79 Å². The number of ether oxygens (including phenoxy) is 2. The molecule has 2 atom stereocenters. The monoisotopic (exact) mass is 324 g/mol. The second-order valence-corrected chi connectivity index (χ2v) is 6.62. The normalized spacial score (nSPS) is 24.1. The van der Waals surface area contributed by atoms with E-state index in [0.717, 1.165) is 24.8 Å². The van der Waals surface area contributed by atoms with Crippen LogP contribution in [0.15, 0.2) is 11.4 Å². The zero-order valence-corrected chi connectivity index (χ0v) is 13.1. The number of rotatable bonds is 4. The molecule has 2 unspecified atom stereocenters. The quantitative estimate of drug-likeness (QED) is 0.857. The van der Waals surface area contributed by atoms with Crippen LogP contribution in [0.4, 0.5) is 4.79 Å². The minimum atomic E-state index is -0.447. The Morgan fingerprint density at radius 1 is 1.50 bits per heavy atom. The van der Waals surface area contributed by atoms with Gasteiger partial charge in [0.25, 0.3) is 0 Å². The fourth-order valence-corrected chi connectivity index (χ4v) is 4.01. The average Bonchev–Trinajstić information content (AvgIpc) is 3.14. The van der Waals surface area contributed by atoms with Crippen LogP contribution >= 0.6 is 11.3 Å². The van der Waals surface area contributed by atoms with Crippen LogP contribution in [-0.2, 0) is 20.7 Å². The molecule has 3 rings (SSSR count). The van der Waals surface area contributed by atoms with Crippen LogP contribution in [0.2, 0.25) is 0 Å². The first-order chi connectivity index (χ1) is 10.6. The Labute approximate surface area is 133 Å². The molecule has 120 valence electrons. The van der Waals surface area contributed by atoms with Crippen molar-refractivity contribution in [2.45, 2.75) is 37.8 Å². The molecule has 0 aromatic carbocycles. The minimum Gasteiger partial charge on any atom is -0.463 e. The molecule has 2 aliphatic heterocycles. The van der Waals surface area contributed by atoms with Gasteiger partial charge in [-0.25, -0.2) is 4.79 Å². The first kappa shape index (κ1) is 15.3. The van der Waals surface area contributed by atoms with Gasteiger partial charge in [0.05, 0.1) is 25.2 Å². The van der Waals surface area contributed by atoms with Crippen molar-refractivity contribution in [3.05, 3.63) is 21.9 Å². The summed E-state index contributed by atoms with van der Waals surface area (Å²) in [6.45, 7) is 1.50. The zero-order chi connectivity index (χ0) is 15.5. The molecular formula is C15H20N2O4S. The van der Waals surface area contributed by atoms with Gasteiger partial charge in [-0.2, -0.15) is 0 Å². The SMILES string of the molecule is NC(=O)N1CCCC1COC(=O)CC1OCCc2sccc21. The molecule has 3 heterocycles. The van der Waals surface area contributed by atoms with Crippen molar-refractivity contribution >= 4 is 23.3 Å². The van der Waals surface area contributed by atoms with E-state index in [9.17, 15) is 9.59 Å². The van der Waals surface area contributed by atoms with Crippen LogP contribution < -0.4 is 5.73 Å². The summed E-state index contributed by atoms with van der Waals surface area (Å²) in [7, 11) is 0. The summed E-state index contributed by atoms with van der Waals surface area (Å²) >= 11 is 1.70. The lowest BCUT2D eigenvalue weighted by Crippen LogP contribution is -2.42. The maximum Gasteiger partial charge on any atom is 0.315 e. The van der Waals surface area contributed by atoms with E-state index in [2.05, 4.69) is 0 Å². The van der Waals surface area contributed by atoms with E-state index in [1.54, 1.807) is 16.2 Å². The Morgan fingerprint density at radius 3 is 3.18 bits per heavy atom. The Bertz CT molecular complexity index is 559. The van der Waals surface area contributed by atoms with Gasteiger partial charge in [0.2, 0.25) is 0 Å². The predicted octanol–water partition coefficient (Wildman–Crippen LogP) is 1.84. The number of hydrogen-bond donors (Lipinski definition) is 1. The summed E-state index contributed by atoms with van der Waals surface area (Å²) in [6, 6.07) is 1.48. The summed E-state index contributed by atoms with van der Waals surface area (Å²) in [4.78, 5) is 26.2. The molecular weight excluding hydrogens is 304 g/mol. The highest BCUT2D eigenvalue weighted by Crippen LogP contribution is 2.33. The highest BCUT2D eigenvalue weighted by molar-refractivity contribution is 7.10. The fraction of sp³-hybridized carbons (Fsp3) is 0.600. The van der Waals surface area contributed by atoms with Crippen LogP contribution in [0.3, 0.4) is 0 Å². The third kappa shape index (κ3) is 3.25. The first-order valence-electron chi connectivity index (χ1n) is 7.54. The smallest absolute Gasteiger partial charge is 0.315 e. The molecule has 7 heteroatoms. The van der Waals surface area contributed by atoms with Crippen LogP contribution in [0.1, 0.15) is 35.8 Å². The van der Waals surface area contributed by atoms with Crippen LogP contribution in [0.5, 0.6) is 0 Å². The highest BCUT2D eigenvalue weighted by Gasteiger charge is 2.29. The van der Waals surface area contributed by atoms with Crippen molar-refractivity contribution in [3.63, 3.8) is 0 Å². The van der Waals surface area contributed by atoms with Crippen LogP contribution in [0, 0.1) is 0 Å². The Hall–Kier alpha value is -1.60. The van der Waals surface area contributed by atoms with E-state index < -0.39 is 6.03 Å². The maximum atomic E-state index is 12.0. The predicted molar refractivity (Wildman–Crippen MR) is 81.6 cm³/mol. The Balaban J connectivity index is 1.51. The van der Waals surface area contributed by atoms with Gasteiger partial charge >= 0.3 is 12.0 Å². The number of primary amides is 1. The Morgan fingerprint density at radius 2 is 2.36 bits per heavy atom. The lowest BCUT2D eigenvalue weighted by atomic mass is 10.0. The number of fused-ring (bicyclic) bond motifs is 1. The van der Waals surface area contributed by atoms with Gasteiger partial charge in [0, 0.05) is 17.8 Å². The molecule has 1 fully saturated rings. The number of nitrogens with two attached hydrogens (primary N) is 1. The molecule has 1 aromatic rings. The lowest BCUT2D eigenvalue weighted by molar-refractivity contribution is -0.148. The molecule has 1 aromatic heterocycles. The van der Waals surface area contributed by atoms with Crippen molar-refractivity contribution < 1.29 is 19.1 Å². The van der Waals surface area contributed by atoms with Gasteiger partial charge in [-0.05, 0) is 29.9 Å². The van der Waals surface area contributed by atoms with Gasteiger partial charge < -0.3 is 20.1 Å². The number of thiophene rings is 1. The second-order valence-electron chi connectivity index (χ2n) is 5.62. The first-order valence-corrected chi connectivity index (χ1v) is 8.42. The van der Waals surface area contributed by atoms with Gasteiger partial charge in [-0.15, -0.1) is 11.3 Å². The number of carbonyl (C=O) groups is 2. The van der Waals surface area contributed by atoms with Crippen molar-refractivity contribution in [1.29, 1.82) is 0 Å². The number of carbonyl (C=O) groups excluding carboxylic acids is 2. The molecule has 0 spiro atoms. The summed E-state index contributed by atoms with van der Waals surface area (Å²) in [6.07, 6.45) is 2.64. The number of likely N-dealkylation sites (tertiary alicyclic amines) is 1. The van der Waals surface area contributed by atoms with E-state index in [1.807, 2.05) is 11.4 Å². The summed E-state index contributed by atoms with van der Waals surface area (Å²) in [5, 5.41) is 2.03. The van der Waals surface area contributed by atoms with Gasteiger partial charge in [-0.1, -0.05) is 0 Å². The largest absolute Gasteiger partial charge is 0.463 e. The second kappa shape index (κ2) is 6.66. The van der Waals surface area contributed by atoms with E-state index >= 15 is 0 Å². The molecule has 2 amide bonds. The van der Waals surface area contributed by atoms with Gasteiger partial charge in [0.15, 0.2) is 0 Å². The third-order valence-corrected chi connectivity index (χ3v) is 5.22. The molecule has 0 bridgehead atoms. The van der Waals surface area contributed by atoms with Crippen molar-refractivity contribution in [3.8, 4) is 0 Å². The topological polar surface area (TPSA) is 81.9 Å². The molecule has 0 saturated carbocycles. The number of amides is 2.